The van der Waals surface area contributed by atoms with Crippen LogP contribution in [-0.4, -0.2) is 28.3 Å². The number of fused-ring (bicyclic) bond motifs is 1. The Morgan fingerprint density at radius 2 is 1.97 bits per heavy atom. The fourth-order valence-electron chi connectivity index (χ4n) is 2.89. The van der Waals surface area contributed by atoms with Crippen molar-refractivity contribution in [1.82, 2.24) is 14.5 Å². The van der Waals surface area contributed by atoms with E-state index in [1.807, 2.05) is 0 Å². The highest BCUT2D eigenvalue weighted by Gasteiger charge is 2.16. The van der Waals surface area contributed by atoms with Crippen molar-refractivity contribution in [2.75, 3.05) is 13.7 Å². The molecule has 4 aromatic rings. The monoisotopic (exact) mass is 471 g/mol. The van der Waals surface area contributed by atoms with Crippen LogP contribution >= 0.6 is 23.1 Å². The predicted octanol–water partition coefficient (Wildman–Crippen LogP) is 5.57. The van der Waals surface area contributed by atoms with E-state index in [0.717, 1.165) is 16.5 Å². The molecular weight excluding hydrogens is 449 g/mol. The second-order valence-electron chi connectivity index (χ2n) is 8.29. The number of halogens is 1. The van der Waals surface area contributed by atoms with E-state index in [9.17, 15) is 9.18 Å². The predicted molar refractivity (Wildman–Crippen MR) is 125 cm³/mol. The standard InChI is InChI=1S/C23H22FN3O3S2/c1-23(2,3)13-30-17-8-6-15(12-18(17)29-4)27-10-9-25-20(21(27)28)32-22-26-16-7-5-14(24)11-19(16)31-22/h5-12H,13H2,1-4H3. The number of ether oxygens (including phenoxy) is 2. The number of aromatic nitrogens is 3. The molecule has 0 aliphatic heterocycles. The summed E-state index contributed by atoms with van der Waals surface area (Å²) in [4.78, 5) is 21.8. The minimum absolute atomic E-state index is 0.00421. The van der Waals surface area contributed by atoms with E-state index in [4.69, 9.17) is 9.47 Å². The van der Waals surface area contributed by atoms with Crippen molar-refractivity contribution in [2.24, 2.45) is 5.41 Å². The topological polar surface area (TPSA) is 66.2 Å². The van der Waals surface area contributed by atoms with Gasteiger partial charge in [0.15, 0.2) is 20.9 Å². The van der Waals surface area contributed by atoms with Gasteiger partial charge in [-0.3, -0.25) is 9.36 Å². The van der Waals surface area contributed by atoms with Gasteiger partial charge in [-0.1, -0.05) is 20.8 Å². The summed E-state index contributed by atoms with van der Waals surface area (Å²) in [5.74, 6) is 0.837. The van der Waals surface area contributed by atoms with Gasteiger partial charge in [-0.05, 0) is 47.5 Å². The number of hydrogen-bond donors (Lipinski definition) is 0. The molecule has 0 radical (unpaired) electrons. The Balaban J connectivity index is 1.63. The van der Waals surface area contributed by atoms with Crippen molar-refractivity contribution in [3.63, 3.8) is 0 Å². The molecule has 166 valence electrons. The molecule has 0 spiro atoms. The maximum Gasteiger partial charge on any atom is 0.288 e. The van der Waals surface area contributed by atoms with E-state index in [-0.39, 0.29) is 21.8 Å². The van der Waals surface area contributed by atoms with Crippen molar-refractivity contribution in [3.05, 3.63) is 65.0 Å². The zero-order valence-electron chi connectivity index (χ0n) is 18.1. The molecule has 0 saturated heterocycles. The van der Waals surface area contributed by atoms with Gasteiger partial charge in [0, 0.05) is 18.5 Å². The summed E-state index contributed by atoms with van der Waals surface area (Å²) < 4.78 is 27.7. The Morgan fingerprint density at radius 1 is 1.16 bits per heavy atom. The van der Waals surface area contributed by atoms with Gasteiger partial charge in [-0.15, -0.1) is 11.3 Å². The highest BCUT2D eigenvalue weighted by molar-refractivity contribution is 8.01. The SMILES string of the molecule is COc1cc(-n2ccnc(Sc3nc4ccc(F)cc4s3)c2=O)ccc1OCC(C)(C)C. The Bertz CT molecular complexity index is 1330. The second-order valence-corrected chi connectivity index (χ2v) is 10.6. The van der Waals surface area contributed by atoms with E-state index in [2.05, 4.69) is 30.7 Å². The Hall–Kier alpha value is -2.91. The molecule has 0 unspecified atom stereocenters. The fraction of sp³-hybridized carbons (Fsp3) is 0.261. The fourth-order valence-corrected chi connectivity index (χ4v) is 4.89. The first-order chi connectivity index (χ1) is 15.2. The molecule has 0 atom stereocenters. The van der Waals surface area contributed by atoms with Gasteiger partial charge in [-0.25, -0.2) is 14.4 Å². The Morgan fingerprint density at radius 3 is 2.72 bits per heavy atom. The summed E-state index contributed by atoms with van der Waals surface area (Å²) in [5.41, 5.74) is 1.04. The minimum Gasteiger partial charge on any atom is -0.493 e. The number of nitrogens with zero attached hydrogens (tertiary/aromatic N) is 3. The maximum atomic E-state index is 13.5. The van der Waals surface area contributed by atoms with Gasteiger partial charge in [0.1, 0.15) is 5.82 Å². The lowest BCUT2D eigenvalue weighted by atomic mass is 9.99. The Labute approximate surface area is 193 Å². The molecule has 2 aromatic heterocycles. The van der Waals surface area contributed by atoms with Gasteiger partial charge in [0.2, 0.25) is 0 Å². The zero-order valence-corrected chi connectivity index (χ0v) is 19.7. The van der Waals surface area contributed by atoms with Crippen LogP contribution in [0, 0.1) is 11.2 Å². The van der Waals surface area contributed by atoms with E-state index >= 15 is 0 Å². The van der Waals surface area contributed by atoms with Gasteiger partial charge in [0.05, 0.1) is 29.6 Å². The highest BCUT2D eigenvalue weighted by Crippen LogP contribution is 2.33. The molecule has 0 fully saturated rings. The molecule has 4 rings (SSSR count). The summed E-state index contributed by atoms with van der Waals surface area (Å²) in [6, 6.07) is 9.78. The molecule has 0 aliphatic carbocycles. The van der Waals surface area contributed by atoms with E-state index < -0.39 is 0 Å². The lowest BCUT2D eigenvalue weighted by molar-refractivity contribution is 0.191. The molecule has 0 bridgehead atoms. The maximum absolute atomic E-state index is 13.5. The first kappa shape index (κ1) is 22.3. The average molecular weight is 472 g/mol. The summed E-state index contributed by atoms with van der Waals surface area (Å²) >= 11 is 2.48. The van der Waals surface area contributed by atoms with Crippen LogP contribution < -0.4 is 15.0 Å². The molecule has 32 heavy (non-hydrogen) atoms. The summed E-state index contributed by atoms with van der Waals surface area (Å²) in [6.07, 6.45) is 3.16. The van der Waals surface area contributed by atoms with Crippen LogP contribution in [0.1, 0.15) is 20.8 Å². The van der Waals surface area contributed by atoms with Crippen molar-refractivity contribution < 1.29 is 13.9 Å². The smallest absolute Gasteiger partial charge is 0.288 e. The van der Waals surface area contributed by atoms with Crippen molar-refractivity contribution in [2.45, 2.75) is 30.1 Å². The van der Waals surface area contributed by atoms with E-state index in [0.29, 0.717) is 33.6 Å². The van der Waals surface area contributed by atoms with Gasteiger partial charge >= 0.3 is 0 Å². The van der Waals surface area contributed by atoms with Crippen LogP contribution in [0.5, 0.6) is 11.5 Å². The van der Waals surface area contributed by atoms with Crippen LogP contribution in [0.4, 0.5) is 4.39 Å². The number of benzene rings is 2. The Kier molecular flexibility index (Phi) is 6.21. The summed E-state index contributed by atoms with van der Waals surface area (Å²) in [5, 5.41) is 0.277. The summed E-state index contributed by atoms with van der Waals surface area (Å²) in [6.45, 7) is 6.80. The lowest BCUT2D eigenvalue weighted by Gasteiger charge is -2.20. The summed E-state index contributed by atoms with van der Waals surface area (Å²) in [7, 11) is 1.57. The van der Waals surface area contributed by atoms with Crippen molar-refractivity contribution >= 4 is 33.3 Å². The molecule has 0 saturated carbocycles. The average Bonchev–Trinajstić information content (AvgIpc) is 3.14. The van der Waals surface area contributed by atoms with Gasteiger partial charge in [0.25, 0.3) is 5.56 Å². The molecule has 0 N–H and O–H groups in total. The van der Waals surface area contributed by atoms with Crippen LogP contribution in [0.15, 0.2) is 63.0 Å². The van der Waals surface area contributed by atoms with Crippen LogP contribution in [0.2, 0.25) is 0 Å². The second kappa shape index (κ2) is 8.91. The molecular formula is C23H22FN3O3S2. The molecule has 6 nitrogen and oxygen atoms in total. The van der Waals surface area contributed by atoms with Crippen molar-refractivity contribution in [3.8, 4) is 17.2 Å². The first-order valence-electron chi connectivity index (χ1n) is 9.86. The lowest BCUT2D eigenvalue weighted by Crippen LogP contribution is -2.20. The third kappa shape index (κ3) is 4.94. The largest absolute Gasteiger partial charge is 0.493 e. The number of rotatable bonds is 6. The number of methoxy groups -OCH3 is 1. The molecule has 0 amide bonds. The van der Waals surface area contributed by atoms with Crippen LogP contribution in [0.25, 0.3) is 15.9 Å². The van der Waals surface area contributed by atoms with Crippen molar-refractivity contribution in [1.29, 1.82) is 0 Å². The normalized spacial score (nSPS) is 11.7. The zero-order chi connectivity index (χ0) is 22.9. The highest BCUT2D eigenvalue weighted by atomic mass is 32.2. The molecule has 0 aliphatic rings. The quantitative estimate of drug-likeness (QED) is 0.366. The van der Waals surface area contributed by atoms with E-state index in [1.165, 1.54) is 28.0 Å². The van der Waals surface area contributed by atoms with Gasteiger partial charge < -0.3 is 9.47 Å². The molecule has 2 aromatic carbocycles. The number of hydrogen-bond acceptors (Lipinski definition) is 7. The number of thiazole rings is 1. The molecule has 2 heterocycles. The van der Waals surface area contributed by atoms with Crippen LogP contribution in [0.3, 0.4) is 0 Å². The van der Waals surface area contributed by atoms with E-state index in [1.54, 1.807) is 43.8 Å². The van der Waals surface area contributed by atoms with Gasteiger partial charge in [-0.2, -0.15) is 0 Å². The minimum atomic E-state index is -0.318. The third-order valence-electron chi connectivity index (χ3n) is 4.41. The first-order valence-corrected chi connectivity index (χ1v) is 11.5. The van der Waals surface area contributed by atoms with Crippen LogP contribution in [-0.2, 0) is 0 Å². The third-order valence-corrected chi connectivity index (χ3v) is 6.46. The molecule has 9 heteroatoms.